The van der Waals surface area contributed by atoms with Crippen molar-refractivity contribution in [3.8, 4) is 0 Å². The molecule has 0 bridgehead atoms. The highest BCUT2D eigenvalue weighted by Crippen LogP contribution is 2.26. The number of amides is 1. The summed E-state index contributed by atoms with van der Waals surface area (Å²) in [5, 5.41) is 3.96. The van der Waals surface area contributed by atoms with Gasteiger partial charge in [-0.3, -0.25) is 4.79 Å². The van der Waals surface area contributed by atoms with Gasteiger partial charge in [-0.15, -0.1) is 0 Å². The Balaban J connectivity index is 1.66. The van der Waals surface area contributed by atoms with Crippen molar-refractivity contribution < 1.29 is 4.79 Å². The molecular formula is C16H17Cl2N5O. The molecule has 2 heterocycles. The second kappa shape index (κ2) is 7.34. The average Bonchev–Trinajstić information content (AvgIpc) is 2.59. The number of nitrogens with one attached hydrogen (secondary N) is 1. The maximum atomic E-state index is 12.4. The van der Waals surface area contributed by atoms with Crippen molar-refractivity contribution in [2.75, 3.05) is 38.5 Å². The first-order chi connectivity index (χ1) is 11.5. The van der Waals surface area contributed by atoms with E-state index in [4.69, 9.17) is 23.2 Å². The third-order valence-corrected chi connectivity index (χ3v) is 4.60. The van der Waals surface area contributed by atoms with E-state index in [1.165, 1.54) is 12.4 Å². The van der Waals surface area contributed by atoms with E-state index in [0.717, 1.165) is 31.9 Å². The SMILES string of the molecule is CN1CCN(C(=O)c2cnc(Nc3ccc(Cl)c(Cl)c3)nc2)CC1. The van der Waals surface area contributed by atoms with Gasteiger partial charge in [0.05, 0.1) is 15.6 Å². The Hall–Kier alpha value is -1.89. The fourth-order valence-electron chi connectivity index (χ4n) is 2.40. The highest BCUT2D eigenvalue weighted by atomic mass is 35.5. The molecule has 1 aliphatic rings. The van der Waals surface area contributed by atoms with Crippen LogP contribution >= 0.6 is 23.2 Å². The molecule has 0 saturated carbocycles. The van der Waals surface area contributed by atoms with Gasteiger partial charge in [0.15, 0.2) is 0 Å². The van der Waals surface area contributed by atoms with Gasteiger partial charge in [-0.1, -0.05) is 23.2 Å². The summed E-state index contributed by atoms with van der Waals surface area (Å²) in [6, 6.07) is 5.16. The van der Waals surface area contributed by atoms with Gasteiger partial charge < -0.3 is 15.1 Å². The second-order valence-electron chi connectivity index (χ2n) is 5.64. The van der Waals surface area contributed by atoms with E-state index in [1.54, 1.807) is 18.2 Å². The zero-order chi connectivity index (χ0) is 17.1. The number of aromatic nitrogens is 2. The molecule has 8 heteroatoms. The minimum Gasteiger partial charge on any atom is -0.336 e. The number of hydrogen-bond acceptors (Lipinski definition) is 5. The number of carbonyl (C=O) groups excluding carboxylic acids is 1. The largest absolute Gasteiger partial charge is 0.336 e. The molecule has 2 aromatic rings. The number of benzene rings is 1. The summed E-state index contributed by atoms with van der Waals surface area (Å²) >= 11 is 11.9. The van der Waals surface area contributed by atoms with Crippen LogP contribution in [0.3, 0.4) is 0 Å². The van der Waals surface area contributed by atoms with Crippen LogP contribution in [-0.2, 0) is 0 Å². The Labute approximate surface area is 150 Å². The van der Waals surface area contributed by atoms with Crippen LogP contribution in [0, 0.1) is 0 Å². The lowest BCUT2D eigenvalue weighted by atomic mass is 10.2. The summed E-state index contributed by atoms with van der Waals surface area (Å²) in [6.45, 7) is 3.20. The van der Waals surface area contributed by atoms with Gasteiger partial charge in [0.2, 0.25) is 5.95 Å². The zero-order valence-corrected chi connectivity index (χ0v) is 14.7. The summed E-state index contributed by atoms with van der Waals surface area (Å²) in [4.78, 5) is 24.9. The lowest BCUT2D eigenvalue weighted by Gasteiger charge is -2.32. The molecule has 0 spiro atoms. The fourth-order valence-corrected chi connectivity index (χ4v) is 2.70. The number of halogens is 2. The Bertz CT molecular complexity index is 730. The van der Waals surface area contributed by atoms with Crippen LogP contribution in [0.4, 0.5) is 11.6 Å². The Morgan fingerprint density at radius 2 is 1.75 bits per heavy atom. The van der Waals surface area contributed by atoms with E-state index >= 15 is 0 Å². The van der Waals surface area contributed by atoms with Gasteiger partial charge in [-0.25, -0.2) is 9.97 Å². The van der Waals surface area contributed by atoms with Gasteiger partial charge in [-0.05, 0) is 25.2 Å². The molecule has 1 aromatic heterocycles. The molecule has 6 nitrogen and oxygen atoms in total. The third-order valence-electron chi connectivity index (χ3n) is 3.87. The monoisotopic (exact) mass is 365 g/mol. The molecule has 0 radical (unpaired) electrons. The Morgan fingerprint density at radius 3 is 2.38 bits per heavy atom. The Kier molecular flexibility index (Phi) is 5.18. The first kappa shape index (κ1) is 17.0. The molecule has 1 aromatic carbocycles. The van der Waals surface area contributed by atoms with E-state index in [1.807, 2.05) is 4.90 Å². The number of carbonyl (C=O) groups is 1. The van der Waals surface area contributed by atoms with Crippen LogP contribution in [-0.4, -0.2) is 58.9 Å². The standard InChI is InChI=1S/C16H17Cl2N5O/c1-22-4-6-23(7-5-22)15(24)11-9-19-16(20-10-11)21-12-2-3-13(17)14(18)8-12/h2-3,8-10H,4-7H2,1H3,(H,19,20,21). The van der Waals surface area contributed by atoms with Crippen LogP contribution in [0.25, 0.3) is 0 Å². The quantitative estimate of drug-likeness (QED) is 0.905. The van der Waals surface area contributed by atoms with E-state index in [2.05, 4.69) is 27.2 Å². The summed E-state index contributed by atoms with van der Waals surface area (Å²) in [5.74, 6) is 0.354. The van der Waals surface area contributed by atoms with Gasteiger partial charge in [0, 0.05) is 44.3 Å². The highest BCUT2D eigenvalue weighted by molar-refractivity contribution is 6.42. The van der Waals surface area contributed by atoms with Crippen LogP contribution in [0.1, 0.15) is 10.4 Å². The zero-order valence-electron chi connectivity index (χ0n) is 13.2. The smallest absolute Gasteiger partial charge is 0.257 e. The predicted octanol–water partition coefficient (Wildman–Crippen LogP) is 2.91. The van der Waals surface area contributed by atoms with Crippen LogP contribution < -0.4 is 5.32 Å². The molecule has 0 atom stereocenters. The van der Waals surface area contributed by atoms with E-state index in [9.17, 15) is 4.79 Å². The van der Waals surface area contributed by atoms with E-state index in [0.29, 0.717) is 21.6 Å². The maximum Gasteiger partial charge on any atom is 0.257 e. The number of rotatable bonds is 3. The topological polar surface area (TPSA) is 61.4 Å². The maximum absolute atomic E-state index is 12.4. The average molecular weight is 366 g/mol. The van der Waals surface area contributed by atoms with Crippen LogP contribution in [0.15, 0.2) is 30.6 Å². The van der Waals surface area contributed by atoms with Crippen molar-refractivity contribution in [2.24, 2.45) is 0 Å². The fraction of sp³-hybridized carbons (Fsp3) is 0.312. The minimum absolute atomic E-state index is 0.0378. The molecule has 1 fully saturated rings. The number of hydrogen-bond donors (Lipinski definition) is 1. The van der Waals surface area contributed by atoms with Crippen molar-refractivity contribution in [2.45, 2.75) is 0 Å². The molecule has 0 unspecified atom stereocenters. The second-order valence-corrected chi connectivity index (χ2v) is 6.46. The van der Waals surface area contributed by atoms with E-state index < -0.39 is 0 Å². The lowest BCUT2D eigenvalue weighted by Crippen LogP contribution is -2.47. The number of nitrogens with zero attached hydrogens (tertiary/aromatic N) is 4. The first-order valence-electron chi connectivity index (χ1n) is 7.55. The molecular weight excluding hydrogens is 349 g/mol. The number of piperazine rings is 1. The number of likely N-dealkylation sites (N-methyl/N-ethyl adjacent to an activating group) is 1. The summed E-state index contributed by atoms with van der Waals surface area (Å²) in [7, 11) is 2.05. The normalized spacial score (nSPS) is 15.4. The molecule has 24 heavy (non-hydrogen) atoms. The van der Waals surface area contributed by atoms with Crippen molar-refractivity contribution in [1.82, 2.24) is 19.8 Å². The summed E-state index contributed by atoms with van der Waals surface area (Å²) in [5.41, 5.74) is 1.21. The summed E-state index contributed by atoms with van der Waals surface area (Å²) in [6.07, 6.45) is 3.07. The summed E-state index contributed by atoms with van der Waals surface area (Å²) < 4.78 is 0. The van der Waals surface area contributed by atoms with Crippen LogP contribution in [0.5, 0.6) is 0 Å². The van der Waals surface area contributed by atoms with Crippen LogP contribution in [0.2, 0.25) is 10.0 Å². The number of anilines is 2. The predicted molar refractivity (Wildman–Crippen MR) is 95.2 cm³/mol. The van der Waals surface area contributed by atoms with Gasteiger partial charge in [0.1, 0.15) is 0 Å². The Morgan fingerprint density at radius 1 is 1.08 bits per heavy atom. The molecule has 126 valence electrons. The van der Waals surface area contributed by atoms with Gasteiger partial charge in [0.25, 0.3) is 5.91 Å². The first-order valence-corrected chi connectivity index (χ1v) is 8.30. The lowest BCUT2D eigenvalue weighted by molar-refractivity contribution is 0.0663. The van der Waals surface area contributed by atoms with Crippen molar-refractivity contribution >= 4 is 40.7 Å². The molecule has 1 N–H and O–H groups in total. The minimum atomic E-state index is -0.0378. The molecule has 0 aliphatic carbocycles. The van der Waals surface area contributed by atoms with Crippen molar-refractivity contribution in [3.05, 3.63) is 46.2 Å². The molecule has 1 aliphatic heterocycles. The van der Waals surface area contributed by atoms with Crippen molar-refractivity contribution in [1.29, 1.82) is 0 Å². The third kappa shape index (κ3) is 3.95. The molecule has 1 saturated heterocycles. The highest BCUT2D eigenvalue weighted by Gasteiger charge is 2.20. The van der Waals surface area contributed by atoms with E-state index in [-0.39, 0.29) is 5.91 Å². The van der Waals surface area contributed by atoms with Crippen molar-refractivity contribution in [3.63, 3.8) is 0 Å². The molecule has 1 amide bonds. The molecule has 3 rings (SSSR count). The van der Waals surface area contributed by atoms with Gasteiger partial charge >= 0.3 is 0 Å². The van der Waals surface area contributed by atoms with Gasteiger partial charge in [-0.2, -0.15) is 0 Å².